The van der Waals surface area contributed by atoms with Crippen LogP contribution in [0.25, 0.3) is 10.2 Å². The fraction of sp³-hybridized carbons (Fsp3) is 0.235. The van der Waals surface area contributed by atoms with Gasteiger partial charge in [-0.2, -0.15) is 0 Å². The van der Waals surface area contributed by atoms with Crippen LogP contribution in [0.2, 0.25) is 0 Å². The predicted molar refractivity (Wildman–Crippen MR) is 89.3 cm³/mol. The first kappa shape index (κ1) is 13.9. The van der Waals surface area contributed by atoms with E-state index in [1.165, 1.54) is 5.56 Å². The first-order valence-electron chi connectivity index (χ1n) is 7.15. The second-order valence-corrected chi connectivity index (χ2v) is 6.18. The van der Waals surface area contributed by atoms with E-state index in [9.17, 15) is 4.79 Å². The van der Waals surface area contributed by atoms with E-state index in [1.807, 2.05) is 35.7 Å². The highest BCUT2D eigenvalue weighted by molar-refractivity contribution is 7.17. The largest absolute Gasteiger partial charge is 0.350 e. The highest BCUT2D eigenvalue weighted by atomic mass is 32.1. The number of nitrogens with one attached hydrogen (secondary N) is 2. The van der Waals surface area contributed by atoms with Gasteiger partial charge in [-0.15, -0.1) is 11.3 Å². The number of carbonyl (C=O) groups excluding carboxylic acids is 1. The van der Waals surface area contributed by atoms with E-state index in [-0.39, 0.29) is 5.91 Å². The molecule has 108 valence electrons. The molecule has 4 heteroatoms. The molecule has 1 unspecified atom stereocenters. The number of H-pyrrole nitrogens is 1. The molecule has 0 spiro atoms. The van der Waals surface area contributed by atoms with Crippen LogP contribution in [0.15, 0.2) is 41.8 Å². The summed E-state index contributed by atoms with van der Waals surface area (Å²) in [7, 11) is 0. The zero-order valence-corrected chi connectivity index (χ0v) is 13.0. The Labute approximate surface area is 128 Å². The topological polar surface area (TPSA) is 44.9 Å². The molecule has 21 heavy (non-hydrogen) atoms. The molecule has 0 aliphatic heterocycles. The Hall–Kier alpha value is -2.07. The van der Waals surface area contributed by atoms with Gasteiger partial charge in [0.2, 0.25) is 0 Å². The van der Waals surface area contributed by atoms with Gasteiger partial charge in [0.25, 0.3) is 5.91 Å². The van der Waals surface area contributed by atoms with Gasteiger partial charge in [0.15, 0.2) is 0 Å². The van der Waals surface area contributed by atoms with Crippen LogP contribution < -0.4 is 5.32 Å². The Morgan fingerprint density at radius 2 is 2.14 bits per heavy atom. The molecule has 0 radical (unpaired) electrons. The van der Waals surface area contributed by atoms with Crippen molar-refractivity contribution < 1.29 is 4.79 Å². The number of aromatic amines is 1. The zero-order chi connectivity index (χ0) is 14.8. The molecule has 2 aromatic heterocycles. The Morgan fingerprint density at radius 3 is 2.90 bits per heavy atom. The normalized spacial score (nSPS) is 12.5. The number of fused-ring (bicyclic) bond motifs is 1. The van der Waals surface area contributed by atoms with Crippen molar-refractivity contribution in [1.82, 2.24) is 4.98 Å². The van der Waals surface area contributed by atoms with Crippen molar-refractivity contribution >= 4 is 33.1 Å². The summed E-state index contributed by atoms with van der Waals surface area (Å²) < 4.78 is 1.11. The molecule has 3 aromatic rings. The number of amides is 1. The Morgan fingerprint density at radius 1 is 1.33 bits per heavy atom. The van der Waals surface area contributed by atoms with Crippen molar-refractivity contribution in [2.45, 2.75) is 26.2 Å². The van der Waals surface area contributed by atoms with Crippen LogP contribution in [0.4, 0.5) is 5.69 Å². The van der Waals surface area contributed by atoms with Gasteiger partial charge in [-0.3, -0.25) is 4.79 Å². The van der Waals surface area contributed by atoms with Crippen molar-refractivity contribution in [1.29, 1.82) is 0 Å². The minimum atomic E-state index is -0.0887. The number of hydrogen-bond acceptors (Lipinski definition) is 2. The summed E-state index contributed by atoms with van der Waals surface area (Å²) >= 11 is 1.63. The summed E-state index contributed by atoms with van der Waals surface area (Å²) in [5.74, 6) is 0.336. The molecule has 0 saturated heterocycles. The van der Waals surface area contributed by atoms with Crippen molar-refractivity contribution in [3.63, 3.8) is 0 Å². The lowest BCUT2D eigenvalue weighted by atomic mass is 9.97. The smallest absolute Gasteiger partial charge is 0.272 e. The molecule has 1 amide bonds. The molecule has 0 fully saturated rings. The lowest BCUT2D eigenvalue weighted by Crippen LogP contribution is -2.14. The lowest BCUT2D eigenvalue weighted by molar-refractivity contribution is 0.102. The van der Waals surface area contributed by atoms with Gasteiger partial charge in [-0.25, -0.2) is 0 Å². The quantitative estimate of drug-likeness (QED) is 0.700. The summed E-state index contributed by atoms with van der Waals surface area (Å²) in [4.78, 5) is 15.6. The highest BCUT2D eigenvalue weighted by Crippen LogP contribution is 2.27. The van der Waals surface area contributed by atoms with E-state index in [1.54, 1.807) is 11.3 Å². The number of hydrogen-bond donors (Lipinski definition) is 2. The van der Waals surface area contributed by atoms with E-state index in [4.69, 9.17) is 0 Å². The van der Waals surface area contributed by atoms with E-state index >= 15 is 0 Å². The minimum Gasteiger partial charge on any atom is -0.350 e. The van der Waals surface area contributed by atoms with Gasteiger partial charge in [-0.05, 0) is 41.5 Å². The standard InChI is InChI=1S/C17H18N2OS/c1-3-11(2)12-6-4-5-7-13(12)19-17(20)15-10-16-14(18-15)8-9-21-16/h4-11,18H,3H2,1-2H3,(H,19,20). The van der Waals surface area contributed by atoms with Crippen molar-refractivity contribution in [2.75, 3.05) is 5.32 Å². The summed E-state index contributed by atoms with van der Waals surface area (Å²) in [5.41, 5.74) is 3.70. The minimum absolute atomic E-state index is 0.0887. The summed E-state index contributed by atoms with van der Waals surface area (Å²) in [6, 6.07) is 11.9. The third kappa shape index (κ3) is 2.72. The molecule has 3 rings (SSSR count). The summed E-state index contributed by atoms with van der Waals surface area (Å²) in [6.45, 7) is 4.33. The highest BCUT2D eigenvalue weighted by Gasteiger charge is 2.14. The van der Waals surface area contributed by atoms with Crippen LogP contribution in [0.5, 0.6) is 0 Å². The SMILES string of the molecule is CCC(C)c1ccccc1NC(=O)c1cc2sccc2[nH]1. The third-order valence-electron chi connectivity index (χ3n) is 3.84. The predicted octanol–water partition coefficient (Wildman–Crippen LogP) is 5.00. The van der Waals surface area contributed by atoms with Gasteiger partial charge >= 0.3 is 0 Å². The molecule has 0 bridgehead atoms. The van der Waals surface area contributed by atoms with Gasteiger partial charge in [0, 0.05) is 5.69 Å². The van der Waals surface area contributed by atoms with Gasteiger partial charge in [0.05, 0.1) is 10.2 Å². The van der Waals surface area contributed by atoms with Gasteiger partial charge in [-0.1, -0.05) is 32.0 Å². The summed E-state index contributed by atoms with van der Waals surface area (Å²) in [6.07, 6.45) is 1.05. The van der Waals surface area contributed by atoms with Crippen LogP contribution in [0.3, 0.4) is 0 Å². The van der Waals surface area contributed by atoms with Gasteiger partial charge < -0.3 is 10.3 Å². The second kappa shape index (κ2) is 5.74. The first-order chi connectivity index (χ1) is 10.2. The van der Waals surface area contributed by atoms with E-state index in [0.717, 1.165) is 22.3 Å². The fourth-order valence-electron chi connectivity index (χ4n) is 2.42. The van der Waals surface area contributed by atoms with Crippen molar-refractivity contribution in [2.24, 2.45) is 0 Å². The number of aromatic nitrogens is 1. The number of rotatable bonds is 4. The maximum absolute atomic E-state index is 12.4. The van der Waals surface area contributed by atoms with E-state index < -0.39 is 0 Å². The molecule has 3 nitrogen and oxygen atoms in total. The molecular formula is C17H18N2OS. The average Bonchev–Trinajstić information content (AvgIpc) is 3.08. The Bertz CT molecular complexity index is 743. The van der Waals surface area contributed by atoms with Crippen molar-refractivity contribution in [3.8, 4) is 0 Å². The van der Waals surface area contributed by atoms with Crippen molar-refractivity contribution in [3.05, 3.63) is 53.0 Å². The molecular weight excluding hydrogens is 280 g/mol. The van der Waals surface area contributed by atoms with E-state index in [2.05, 4.69) is 30.2 Å². The Balaban J connectivity index is 1.86. The molecule has 2 N–H and O–H groups in total. The maximum Gasteiger partial charge on any atom is 0.272 e. The second-order valence-electron chi connectivity index (χ2n) is 5.23. The molecule has 0 aliphatic rings. The Kier molecular flexibility index (Phi) is 3.80. The number of thiophene rings is 1. The zero-order valence-electron chi connectivity index (χ0n) is 12.1. The summed E-state index contributed by atoms with van der Waals surface area (Å²) in [5, 5.41) is 5.04. The number of anilines is 1. The lowest BCUT2D eigenvalue weighted by Gasteiger charge is -2.15. The number of carbonyl (C=O) groups is 1. The number of benzene rings is 1. The monoisotopic (exact) mass is 298 g/mol. The fourth-order valence-corrected chi connectivity index (χ4v) is 3.20. The molecule has 1 atom stereocenters. The van der Waals surface area contributed by atoms with Crippen LogP contribution in [-0.4, -0.2) is 10.9 Å². The molecule has 0 saturated carbocycles. The number of para-hydroxylation sites is 1. The average molecular weight is 298 g/mol. The third-order valence-corrected chi connectivity index (χ3v) is 4.70. The van der Waals surface area contributed by atoms with Crippen LogP contribution >= 0.6 is 11.3 Å². The molecule has 0 aliphatic carbocycles. The van der Waals surface area contributed by atoms with Crippen LogP contribution in [-0.2, 0) is 0 Å². The van der Waals surface area contributed by atoms with Crippen LogP contribution in [0, 0.1) is 0 Å². The molecule has 2 heterocycles. The van der Waals surface area contributed by atoms with Crippen LogP contribution in [0.1, 0.15) is 42.2 Å². The van der Waals surface area contributed by atoms with Gasteiger partial charge in [0.1, 0.15) is 5.69 Å². The maximum atomic E-state index is 12.4. The molecule has 1 aromatic carbocycles. The first-order valence-corrected chi connectivity index (χ1v) is 8.03. The van der Waals surface area contributed by atoms with E-state index in [0.29, 0.717) is 11.6 Å².